The summed E-state index contributed by atoms with van der Waals surface area (Å²) in [7, 11) is 0. The maximum atomic E-state index is 12.8. The van der Waals surface area contributed by atoms with Crippen LogP contribution in [0, 0.1) is 0 Å². The van der Waals surface area contributed by atoms with E-state index in [4.69, 9.17) is 4.74 Å². The molecule has 132 valence electrons. The molecule has 0 bridgehead atoms. The minimum atomic E-state index is -0.464. The lowest BCUT2D eigenvalue weighted by molar-refractivity contribution is -0.157. The minimum Gasteiger partial charge on any atom is -0.461 e. The Morgan fingerprint density at radius 2 is 1.88 bits per heavy atom. The minimum absolute atomic E-state index is 0.0106. The maximum Gasteiger partial charge on any atom is 0.326 e. The molecule has 0 aliphatic heterocycles. The molecule has 2 aliphatic rings. The first-order valence-electron chi connectivity index (χ1n) is 9.32. The van der Waals surface area contributed by atoms with E-state index in [9.17, 15) is 4.79 Å². The lowest BCUT2D eigenvalue weighted by Gasteiger charge is -2.29. The van der Waals surface area contributed by atoms with E-state index in [1.54, 1.807) is 0 Å². The number of benzene rings is 1. The Morgan fingerprint density at radius 3 is 2.58 bits per heavy atom. The molecule has 4 heteroatoms. The van der Waals surface area contributed by atoms with Gasteiger partial charge in [0.2, 0.25) is 0 Å². The third-order valence-electron chi connectivity index (χ3n) is 5.43. The molecule has 0 saturated heterocycles. The average molecular weight is 394 g/mol. The van der Waals surface area contributed by atoms with Crippen LogP contribution >= 0.6 is 15.9 Å². The zero-order valence-corrected chi connectivity index (χ0v) is 15.9. The molecule has 24 heavy (non-hydrogen) atoms. The number of ether oxygens (including phenoxy) is 1. The first-order chi connectivity index (χ1) is 11.7. The van der Waals surface area contributed by atoms with Crippen LogP contribution in [0.25, 0.3) is 0 Å². The summed E-state index contributed by atoms with van der Waals surface area (Å²) in [5, 5.41) is 4.54. The molecular formula is C20H28BrNO2. The van der Waals surface area contributed by atoms with Gasteiger partial charge in [-0.3, -0.25) is 10.1 Å². The van der Waals surface area contributed by atoms with Gasteiger partial charge >= 0.3 is 5.97 Å². The largest absolute Gasteiger partial charge is 0.461 e. The van der Waals surface area contributed by atoms with Gasteiger partial charge in [-0.25, -0.2) is 0 Å². The van der Waals surface area contributed by atoms with Crippen molar-refractivity contribution in [1.29, 1.82) is 0 Å². The number of hydrogen-bond acceptors (Lipinski definition) is 3. The molecule has 0 spiro atoms. The third kappa shape index (κ3) is 4.40. The van der Waals surface area contributed by atoms with Crippen LogP contribution in [0.2, 0.25) is 0 Å². The van der Waals surface area contributed by atoms with Crippen LogP contribution in [-0.2, 0) is 22.5 Å². The predicted octanol–water partition coefficient (Wildman–Crippen LogP) is 4.51. The number of hydrogen-bond donors (Lipinski definition) is 1. The number of alkyl halides is 1. The summed E-state index contributed by atoms with van der Waals surface area (Å²) in [4.78, 5) is 12.8. The van der Waals surface area contributed by atoms with E-state index in [2.05, 4.69) is 45.5 Å². The van der Waals surface area contributed by atoms with Gasteiger partial charge < -0.3 is 4.74 Å². The average Bonchev–Trinajstić information content (AvgIpc) is 3.26. The third-order valence-corrected chi connectivity index (χ3v) is 5.83. The Labute approximate surface area is 153 Å². The predicted molar refractivity (Wildman–Crippen MR) is 100 cm³/mol. The second kappa shape index (κ2) is 8.48. The summed E-state index contributed by atoms with van der Waals surface area (Å²) in [6, 6.07) is 8.63. The van der Waals surface area contributed by atoms with Gasteiger partial charge in [0.05, 0.1) is 0 Å². The molecular weight excluding hydrogens is 366 g/mol. The van der Waals surface area contributed by atoms with Crippen molar-refractivity contribution < 1.29 is 9.53 Å². The van der Waals surface area contributed by atoms with Crippen LogP contribution in [0.3, 0.4) is 0 Å². The Morgan fingerprint density at radius 1 is 1.17 bits per heavy atom. The van der Waals surface area contributed by atoms with E-state index in [1.807, 2.05) is 0 Å². The fraction of sp³-hybridized carbons (Fsp3) is 0.650. The van der Waals surface area contributed by atoms with E-state index in [0.717, 1.165) is 56.8 Å². The fourth-order valence-corrected chi connectivity index (χ4v) is 4.44. The summed E-state index contributed by atoms with van der Waals surface area (Å²) < 4.78 is 5.84. The van der Waals surface area contributed by atoms with Gasteiger partial charge in [0.15, 0.2) is 0 Å². The van der Waals surface area contributed by atoms with Crippen LogP contribution < -0.4 is 5.32 Å². The molecule has 0 amide bonds. The lowest BCUT2D eigenvalue weighted by Crippen LogP contribution is -2.51. The highest BCUT2D eigenvalue weighted by Gasteiger charge is 2.43. The van der Waals surface area contributed by atoms with E-state index >= 15 is 0 Å². The van der Waals surface area contributed by atoms with Crippen LogP contribution in [0.15, 0.2) is 24.3 Å². The van der Waals surface area contributed by atoms with Crippen LogP contribution in [0.5, 0.6) is 0 Å². The molecule has 0 radical (unpaired) electrons. The smallest absolute Gasteiger partial charge is 0.326 e. The van der Waals surface area contributed by atoms with Crippen LogP contribution in [-0.4, -0.2) is 22.9 Å². The summed E-state index contributed by atoms with van der Waals surface area (Å²) in [6.45, 7) is 0.732. The van der Waals surface area contributed by atoms with Crippen molar-refractivity contribution in [1.82, 2.24) is 5.32 Å². The monoisotopic (exact) mass is 393 g/mol. The molecule has 2 fully saturated rings. The first-order valence-corrected chi connectivity index (χ1v) is 10.4. The zero-order chi connectivity index (χ0) is 16.8. The van der Waals surface area contributed by atoms with Crippen molar-refractivity contribution in [2.24, 2.45) is 0 Å². The molecule has 0 unspecified atom stereocenters. The highest BCUT2D eigenvalue weighted by molar-refractivity contribution is 9.09. The van der Waals surface area contributed by atoms with Crippen molar-refractivity contribution in [2.45, 2.75) is 76.0 Å². The Kier molecular flexibility index (Phi) is 6.34. The molecule has 1 N–H and O–H groups in total. The zero-order valence-electron chi connectivity index (χ0n) is 14.4. The van der Waals surface area contributed by atoms with E-state index in [-0.39, 0.29) is 12.1 Å². The second-order valence-corrected chi connectivity index (χ2v) is 8.01. The van der Waals surface area contributed by atoms with Crippen molar-refractivity contribution in [3.05, 3.63) is 35.4 Å². The summed E-state index contributed by atoms with van der Waals surface area (Å²) in [6.07, 6.45) is 9.66. The molecule has 3 rings (SSSR count). The van der Waals surface area contributed by atoms with Gasteiger partial charge in [-0.2, -0.15) is 0 Å². The highest BCUT2D eigenvalue weighted by Crippen LogP contribution is 2.33. The normalized spacial score (nSPS) is 20.4. The molecule has 1 aromatic carbocycles. The number of rotatable bonds is 7. The van der Waals surface area contributed by atoms with Crippen LogP contribution in [0.4, 0.5) is 0 Å². The van der Waals surface area contributed by atoms with E-state index in [1.165, 1.54) is 24.0 Å². The van der Waals surface area contributed by atoms with Gasteiger partial charge in [0.25, 0.3) is 0 Å². The molecule has 0 heterocycles. The lowest BCUT2D eigenvalue weighted by atomic mass is 9.96. The number of carbonyl (C=O) groups is 1. The van der Waals surface area contributed by atoms with Crippen molar-refractivity contribution in [2.75, 3.05) is 5.33 Å². The van der Waals surface area contributed by atoms with Crippen molar-refractivity contribution >= 4 is 21.9 Å². The Balaban J connectivity index is 1.62. The van der Waals surface area contributed by atoms with Crippen molar-refractivity contribution in [3.8, 4) is 0 Å². The number of halogens is 1. The fourth-order valence-electron chi connectivity index (χ4n) is 3.98. The SMILES string of the molecule is O=C(OC1CCCC1)C1(NCc2cccc(CCBr)c2)CCCC1. The van der Waals surface area contributed by atoms with Gasteiger partial charge in [0.1, 0.15) is 11.6 Å². The summed E-state index contributed by atoms with van der Waals surface area (Å²) in [5.74, 6) is -0.0106. The Bertz CT molecular complexity index is 548. The van der Waals surface area contributed by atoms with Gasteiger partial charge in [-0.1, -0.05) is 53.0 Å². The molecule has 2 saturated carbocycles. The number of nitrogens with one attached hydrogen (secondary N) is 1. The molecule has 2 aliphatic carbocycles. The van der Waals surface area contributed by atoms with Crippen LogP contribution in [0.1, 0.15) is 62.5 Å². The topological polar surface area (TPSA) is 38.3 Å². The number of carbonyl (C=O) groups excluding carboxylic acids is 1. The molecule has 3 nitrogen and oxygen atoms in total. The van der Waals surface area contributed by atoms with E-state index in [0.29, 0.717) is 0 Å². The molecule has 0 aromatic heterocycles. The standard InChI is InChI=1S/C20H28BrNO2/c21-13-10-16-6-5-7-17(14-16)15-22-20(11-3-4-12-20)19(23)24-18-8-1-2-9-18/h5-7,14,18,22H,1-4,8-13,15H2. The van der Waals surface area contributed by atoms with Gasteiger partial charge in [-0.15, -0.1) is 0 Å². The Hall–Kier alpha value is -0.870. The quantitative estimate of drug-likeness (QED) is 0.546. The molecule has 0 atom stereocenters. The second-order valence-electron chi connectivity index (χ2n) is 7.21. The number of aryl methyl sites for hydroxylation is 1. The first kappa shape index (κ1) is 17.9. The summed E-state index contributed by atoms with van der Waals surface area (Å²) in [5.41, 5.74) is 2.11. The number of esters is 1. The van der Waals surface area contributed by atoms with Gasteiger partial charge in [0, 0.05) is 11.9 Å². The molecule has 1 aromatic rings. The van der Waals surface area contributed by atoms with Gasteiger partial charge in [-0.05, 0) is 56.1 Å². The van der Waals surface area contributed by atoms with Crippen molar-refractivity contribution in [3.63, 3.8) is 0 Å². The summed E-state index contributed by atoms with van der Waals surface area (Å²) >= 11 is 3.50. The maximum absolute atomic E-state index is 12.8. The van der Waals surface area contributed by atoms with E-state index < -0.39 is 5.54 Å². The highest BCUT2D eigenvalue weighted by atomic mass is 79.9.